The molecule has 0 saturated carbocycles. The van der Waals surface area contributed by atoms with Crippen molar-refractivity contribution in [3.8, 4) is 0 Å². The molecule has 0 saturated heterocycles. The molecular weight excluding hydrogens is 340 g/mol. The molecule has 1 amide bonds. The van der Waals surface area contributed by atoms with Crippen molar-refractivity contribution in [2.45, 2.75) is 0 Å². The summed E-state index contributed by atoms with van der Waals surface area (Å²) in [4.78, 5) is 26.3. The van der Waals surface area contributed by atoms with Crippen molar-refractivity contribution < 1.29 is 18.5 Å². The molecule has 0 unspecified atom stereocenters. The van der Waals surface area contributed by atoms with Gasteiger partial charge in [0.15, 0.2) is 4.80 Å². The van der Waals surface area contributed by atoms with Gasteiger partial charge in [0.1, 0.15) is 17.2 Å². The van der Waals surface area contributed by atoms with Crippen LogP contribution in [0.25, 0.3) is 10.2 Å². The van der Waals surface area contributed by atoms with Gasteiger partial charge in [0.2, 0.25) is 0 Å². The quantitative estimate of drug-likeness (QED) is 0.527. The van der Waals surface area contributed by atoms with Crippen LogP contribution < -0.4 is 4.80 Å². The Kier molecular flexibility index (Phi) is 3.94. The average Bonchev–Trinajstić information content (AvgIpc) is 2.83. The second-order valence-corrected chi connectivity index (χ2v) is 5.88. The summed E-state index contributed by atoms with van der Waals surface area (Å²) in [5.41, 5.74) is -0.343. The van der Waals surface area contributed by atoms with Crippen molar-refractivity contribution in [2.24, 2.45) is 12.0 Å². The number of thiazole rings is 1. The Morgan fingerprint density at radius 2 is 1.92 bits per heavy atom. The van der Waals surface area contributed by atoms with Gasteiger partial charge < -0.3 is 4.57 Å². The minimum atomic E-state index is -1.05. The number of fused-ring (bicyclic) bond motifs is 1. The number of nitro groups is 1. The van der Waals surface area contributed by atoms with Crippen LogP contribution in [0.5, 0.6) is 0 Å². The van der Waals surface area contributed by atoms with Crippen LogP contribution in [-0.2, 0) is 7.05 Å². The number of carbonyl (C=O) groups is 1. The third-order valence-electron chi connectivity index (χ3n) is 3.38. The Hall–Kier alpha value is -2.94. The van der Waals surface area contributed by atoms with E-state index in [1.54, 1.807) is 7.05 Å². The summed E-state index contributed by atoms with van der Waals surface area (Å²) in [6.07, 6.45) is 0. The van der Waals surface area contributed by atoms with Crippen molar-refractivity contribution in [1.29, 1.82) is 0 Å². The largest absolute Gasteiger partial charge is 0.319 e. The van der Waals surface area contributed by atoms with Crippen molar-refractivity contribution in [1.82, 2.24) is 4.57 Å². The standard InChI is InChI=1S/C15H9F2N3O3S/c1-19-11-7-8(20(22)23)5-6-12(11)24-15(19)18-14(21)13-9(16)3-2-4-10(13)17/h2-7H,1H3. The summed E-state index contributed by atoms with van der Waals surface area (Å²) >= 11 is 1.09. The number of hydrogen-bond acceptors (Lipinski definition) is 4. The zero-order valence-electron chi connectivity index (χ0n) is 12.2. The highest BCUT2D eigenvalue weighted by Crippen LogP contribution is 2.22. The van der Waals surface area contributed by atoms with Gasteiger partial charge in [-0.2, -0.15) is 4.99 Å². The zero-order valence-corrected chi connectivity index (χ0v) is 13.0. The van der Waals surface area contributed by atoms with E-state index in [-0.39, 0.29) is 10.5 Å². The number of rotatable bonds is 2. The molecule has 0 atom stereocenters. The third-order valence-corrected chi connectivity index (χ3v) is 4.49. The molecule has 6 nitrogen and oxygen atoms in total. The normalized spacial score (nSPS) is 11.9. The van der Waals surface area contributed by atoms with Gasteiger partial charge in [-0.15, -0.1) is 0 Å². The van der Waals surface area contributed by atoms with Gasteiger partial charge in [-0.25, -0.2) is 8.78 Å². The molecule has 3 rings (SSSR count). The van der Waals surface area contributed by atoms with Crippen LogP contribution in [0, 0.1) is 21.7 Å². The van der Waals surface area contributed by atoms with Crippen LogP contribution >= 0.6 is 11.3 Å². The minimum Gasteiger partial charge on any atom is -0.319 e. The Bertz CT molecular complexity index is 1040. The molecular formula is C15H9F2N3O3S. The lowest BCUT2D eigenvalue weighted by Gasteiger charge is -1.99. The first-order valence-electron chi connectivity index (χ1n) is 6.65. The molecule has 0 spiro atoms. The molecule has 2 aromatic carbocycles. The SMILES string of the molecule is Cn1c(=NC(=O)c2c(F)cccc2F)sc2ccc([N+](=O)[O-])cc21. The maximum Gasteiger partial charge on any atom is 0.285 e. The zero-order chi connectivity index (χ0) is 17.4. The third kappa shape index (κ3) is 2.69. The second kappa shape index (κ2) is 5.93. The van der Waals surface area contributed by atoms with Gasteiger partial charge in [0.05, 0.1) is 15.1 Å². The summed E-state index contributed by atoms with van der Waals surface area (Å²) in [5.74, 6) is -3.05. The van der Waals surface area contributed by atoms with E-state index in [4.69, 9.17) is 0 Å². The van der Waals surface area contributed by atoms with Crippen molar-refractivity contribution in [3.05, 3.63) is 68.5 Å². The smallest absolute Gasteiger partial charge is 0.285 e. The van der Waals surface area contributed by atoms with E-state index in [0.29, 0.717) is 10.2 Å². The first-order valence-corrected chi connectivity index (χ1v) is 7.47. The predicted octanol–water partition coefficient (Wildman–Crippen LogP) is 3.17. The molecule has 0 aliphatic rings. The molecule has 122 valence electrons. The summed E-state index contributed by atoms with van der Waals surface area (Å²) < 4.78 is 29.4. The van der Waals surface area contributed by atoms with E-state index in [2.05, 4.69) is 4.99 Å². The lowest BCUT2D eigenvalue weighted by Crippen LogP contribution is -2.14. The van der Waals surface area contributed by atoms with E-state index in [9.17, 15) is 23.7 Å². The maximum atomic E-state index is 13.7. The number of carbonyl (C=O) groups excluding carboxylic acids is 1. The Morgan fingerprint density at radius 1 is 1.25 bits per heavy atom. The first kappa shape index (κ1) is 15.9. The fraction of sp³-hybridized carbons (Fsp3) is 0.0667. The predicted molar refractivity (Wildman–Crippen MR) is 83.7 cm³/mol. The minimum absolute atomic E-state index is 0.103. The molecule has 0 aliphatic carbocycles. The van der Waals surface area contributed by atoms with Crippen LogP contribution in [0.15, 0.2) is 41.4 Å². The van der Waals surface area contributed by atoms with Gasteiger partial charge in [-0.1, -0.05) is 17.4 Å². The molecule has 1 aromatic heterocycles. The number of halogens is 2. The van der Waals surface area contributed by atoms with Crippen molar-refractivity contribution >= 4 is 33.1 Å². The van der Waals surface area contributed by atoms with Gasteiger partial charge in [0, 0.05) is 19.2 Å². The number of aryl methyl sites for hydroxylation is 1. The highest BCUT2D eigenvalue weighted by Gasteiger charge is 2.17. The molecule has 9 heteroatoms. The molecule has 0 bridgehead atoms. The highest BCUT2D eigenvalue weighted by atomic mass is 32.1. The Labute approximate surface area is 137 Å². The number of nitro benzene ring substituents is 1. The second-order valence-electron chi connectivity index (χ2n) is 4.87. The average molecular weight is 349 g/mol. The molecule has 1 heterocycles. The van der Waals surface area contributed by atoms with E-state index >= 15 is 0 Å². The summed E-state index contributed by atoms with van der Waals surface area (Å²) in [7, 11) is 1.56. The highest BCUT2D eigenvalue weighted by molar-refractivity contribution is 7.16. The van der Waals surface area contributed by atoms with Crippen molar-refractivity contribution in [3.63, 3.8) is 0 Å². The van der Waals surface area contributed by atoms with E-state index < -0.39 is 28.0 Å². The number of non-ortho nitro benzene ring substituents is 1. The molecule has 3 aromatic rings. The van der Waals surface area contributed by atoms with Gasteiger partial charge in [-0.05, 0) is 18.2 Å². The van der Waals surface area contributed by atoms with Crippen molar-refractivity contribution in [2.75, 3.05) is 0 Å². The maximum absolute atomic E-state index is 13.7. The number of aromatic nitrogens is 1. The summed E-state index contributed by atoms with van der Waals surface area (Å²) in [6, 6.07) is 7.31. The molecule has 24 heavy (non-hydrogen) atoms. The summed E-state index contributed by atoms with van der Waals surface area (Å²) in [6.45, 7) is 0. The van der Waals surface area contributed by atoms with Crippen LogP contribution in [0.2, 0.25) is 0 Å². The molecule has 0 fully saturated rings. The molecule has 0 aliphatic heterocycles. The monoisotopic (exact) mass is 349 g/mol. The van der Waals surface area contributed by atoms with E-state index in [1.807, 2.05) is 0 Å². The lowest BCUT2D eigenvalue weighted by molar-refractivity contribution is -0.384. The Morgan fingerprint density at radius 3 is 2.54 bits per heavy atom. The van der Waals surface area contributed by atoms with Crippen LogP contribution in [0.3, 0.4) is 0 Å². The van der Waals surface area contributed by atoms with Gasteiger partial charge >= 0.3 is 0 Å². The first-order chi connectivity index (χ1) is 11.4. The molecule has 0 radical (unpaired) electrons. The fourth-order valence-corrected chi connectivity index (χ4v) is 3.18. The van der Waals surface area contributed by atoms with E-state index in [1.165, 1.54) is 22.8 Å². The number of amides is 1. The number of benzene rings is 2. The van der Waals surface area contributed by atoms with E-state index in [0.717, 1.165) is 29.5 Å². The van der Waals surface area contributed by atoms with Crippen LogP contribution in [0.1, 0.15) is 10.4 Å². The lowest BCUT2D eigenvalue weighted by atomic mass is 10.2. The Balaban J connectivity index is 2.15. The van der Waals surface area contributed by atoms with Gasteiger partial charge in [-0.3, -0.25) is 14.9 Å². The number of hydrogen-bond donors (Lipinski definition) is 0. The fourth-order valence-electron chi connectivity index (χ4n) is 2.18. The number of nitrogens with zero attached hydrogens (tertiary/aromatic N) is 3. The van der Waals surface area contributed by atoms with Gasteiger partial charge in [0.25, 0.3) is 11.6 Å². The van der Waals surface area contributed by atoms with Crippen LogP contribution in [0.4, 0.5) is 14.5 Å². The van der Waals surface area contributed by atoms with Crippen LogP contribution in [-0.4, -0.2) is 15.4 Å². The molecule has 0 N–H and O–H groups in total. The topological polar surface area (TPSA) is 77.5 Å². The summed E-state index contributed by atoms with van der Waals surface area (Å²) in [5, 5.41) is 10.8.